The van der Waals surface area contributed by atoms with Gasteiger partial charge < -0.3 is 10.6 Å². The fraction of sp³-hybridized carbons (Fsp3) is 0.556. The van der Waals surface area contributed by atoms with E-state index < -0.39 is 0 Å². The number of hydrogen-bond acceptors (Lipinski definition) is 3. The molecule has 1 aromatic rings. The minimum absolute atomic E-state index is 0.218. The van der Waals surface area contributed by atoms with Gasteiger partial charge in [0.15, 0.2) is 5.96 Å². The molecular weight excluding hydrogens is 323 g/mol. The Hall–Kier alpha value is -1.74. The molecule has 0 amide bonds. The average Bonchev–Trinajstić information content (AvgIpc) is 2.61. The lowest BCUT2D eigenvalue weighted by atomic mass is 9.95. The number of halogens is 1. The molecule has 2 atom stereocenters. The van der Waals surface area contributed by atoms with Crippen LogP contribution in [0.3, 0.4) is 0 Å². The Kier molecular flexibility index (Phi) is 7.38. The Labute approximate surface area is 147 Å². The molecule has 4 nitrogen and oxygen atoms in total. The van der Waals surface area contributed by atoms with Gasteiger partial charge in [0.2, 0.25) is 0 Å². The standard InChI is InChI=1S/C18H25FN4S/c1-3-21-18(23-15-5-4-6-16(10-15)24-2)22-12-14-9-13(11-20)7-8-17(14)19/h7-9,15-16H,3-6,10,12H2,1-2H3,(H2,21,22,23). The summed E-state index contributed by atoms with van der Waals surface area (Å²) in [5, 5.41) is 16.3. The van der Waals surface area contributed by atoms with Gasteiger partial charge in [-0.15, -0.1) is 0 Å². The molecule has 0 heterocycles. The van der Waals surface area contributed by atoms with Gasteiger partial charge in [0.25, 0.3) is 0 Å². The van der Waals surface area contributed by atoms with Crippen LogP contribution in [0.2, 0.25) is 0 Å². The molecule has 1 fully saturated rings. The first-order chi connectivity index (χ1) is 11.7. The normalized spacial score (nSPS) is 21.2. The lowest BCUT2D eigenvalue weighted by Crippen LogP contribution is -2.45. The summed E-state index contributed by atoms with van der Waals surface area (Å²) in [6.07, 6.45) is 6.93. The van der Waals surface area contributed by atoms with Crippen molar-refractivity contribution < 1.29 is 4.39 Å². The molecular formula is C18H25FN4S. The smallest absolute Gasteiger partial charge is 0.191 e. The summed E-state index contributed by atoms with van der Waals surface area (Å²) in [5.74, 6) is 0.389. The van der Waals surface area contributed by atoms with Crippen LogP contribution in [-0.2, 0) is 6.54 Å². The number of nitrogens with zero attached hydrogens (tertiary/aromatic N) is 2. The van der Waals surface area contributed by atoms with Crippen molar-refractivity contribution in [3.63, 3.8) is 0 Å². The molecule has 1 aliphatic rings. The highest BCUT2D eigenvalue weighted by molar-refractivity contribution is 7.99. The third-order valence-electron chi connectivity index (χ3n) is 4.23. The van der Waals surface area contributed by atoms with E-state index in [2.05, 4.69) is 21.9 Å². The van der Waals surface area contributed by atoms with Gasteiger partial charge in [-0.25, -0.2) is 9.38 Å². The lowest BCUT2D eigenvalue weighted by molar-refractivity contribution is 0.419. The predicted molar refractivity (Wildman–Crippen MR) is 98.6 cm³/mol. The number of rotatable bonds is 5. The monoisotopic (exact) mass is 348 g/mol. The fourth-order valence-electron chi connectivity index (χ4n) is 2.93. The molecule has 1 aromatic carbocycles. The molecule has 0 radical (unpaired) electrons. The maximum Gasteiger partial charge on any atom is 0.191 e. The van der Waals surface area contributed by atoms with Crippen LogP contribution in [-0.4, -0.2) is 30.1 Å². The third-order valence-corrected chi connectivity index (χ3v) is 5.32. The van der Waals surface area contributed by atoms with E-state index in [0.717, 1.165) is 19.4 Å². The van der Waals surface area contributed by atoms with Gasteiger partial charge in [-0.05, 0) is 50.6 Å². The van der Waals surface area contributed by atoms with E-state index in [0.29, 0.717) is 28.4 Å². The quantitative estimate of drug-likeness (QED) is 0.632. The minimum Gasteiger partial charge on any atom is -0.357 e. The predicted octanol–water partition coefficient (Wildman–Crippen LogP) is 3.43. The van der Waals surface area contributed by atoms with Crippen LogP contribution in [0.4, 0.5) is 4.39 Å². The highest BCUT2D eigenvalue weighted by Crippen LogP contribution is 2.26. The summed E-state index contributed by atoms with van der Waals surface area (Å²) >= 11 is 1.93. The van der Waals surface area contributed by atoms with Gasteiger partial charge >= 0.3 is 0 Å². The molecule has 2 unspecified atom stereocenters. The lowest BCUT2D eigenvalue weighted by Gasteiger charge is -2.29. The maximum atomic E-state index is 13.9. The van der Waals surface area contributed by atoms with E-state index in [1.807, 2.05) is 24.8 Å². The van der Waals surface area contributed by atoms with Crippen molar-refractivity contribution in [1.29, 1.82) is 5.26 Å². The van der Waals surface area contributed by atoms with Crippen LogP contribution in [0.5, 0.6) is 0 Å². The van der Waals surface area contributed by atoms with Crippen LogP contribution in [0.1, 0.15) is 43.7 Å². The van der Waals surface area contributed by atoms with Crippen LogP contribution >= 0.6 is 11.8 Å². The Morgan fingerprint density at radius 3 is 3.00 bits per heavy atom. The Morgan fingerprint density at radius 2 is 2.29 bits per heavy atom. The number of nitriles is 1. The molecule has 2 rings (SSSR count). The van der Waals surface area contributed by atoms with E-state index in [9.17, 15) is 4.39 Å². The second-order valence-corrected chi connectivity index (χ2v) is 7.12. The molecule has 0 aromatic heterocycles. The SMILES string of the molecule is CCNC(=NCc1cc(C#N)ccc1F)NC1CCCC(SC)C1. The van der Waals surface area contributed by atoms with Crippen LogP contribution in [0.15, 0.2) is 23.2 Å². The third kappa shape index (κ3) is 5.41. The van der Waals surface area contributed by atoms with Gasteiger partial charge in [0, 0.05) is 23.4 Å². The molecule has 24 heavy (non-hydrogen) atoms. The molecule has 1 aliphatic carbocycles. The molecule has 2 N–H and O–H groups in total. The maximum absolute atomic E-state index is 13.9. The van der Waals surface area contributed by atoms with Crippen molar-refractivity contribution >= 4 is 17.7 Å². The number of thioether (sulfide) groups is 1. The van der Waals surface area contributed by atoms with Gasteiger partial charge in [-0.2, -0.15) is 17.0 Å². The van der Waals surface area contributed by atoms with Crippen molar-refractivity contribution in [3.05, 3.63) is 35.1 Å². The zero-order valence-electron chi connectivity index (χ0n) is 14.3. The van der Waals surface area contributed by atoms with Gasteiger partial charge in [0.1, 0.15) is 5.82 Å². The van der Waals surface area contributed by atoms with Gasteiger partial charge in [-0.3, -0.25) is 0 Å². The summed E-state index contributed by atoms with van der Waals surface area (Å²) in [7, 11) is 0. The zero-order chi connectivity index (χ0) is 17.4. The van der Waals surface area contributed by atoms with Crippen molar-refractivity contribution in [2.24, 2.45) is 4.99 Å². The van der Waals surface area contributed by atoms with Crippen molar-refractivity contribution in [2.75, 3.05) is 12.8 Å². The van der Waals surface area contributed by atoms with E-state index in [4.69, 9.17) is 5.26 Å². The van der Waals surface area contributed by atoms with Crippen LogP contribution in [0, 0.1) is 17.1 Å². The Bertz CT molecular complexity index is 612. The molecule has 0 spiro atoms. The van der Waals surface area contributed by atoms with E-state index in [-0.39, 0.29) is 12.4 Å². The van der Waals surface area contributed by atoms with Gasteiger partial charge in [-0.1, -0.05) is 6.42 Å². The highest BCUT2D eigenvalue weighted by Gasteiger charge is 2.21. The average molecular weight is 348 g/mol. The molecule has 130 valence electrons. The first kappa shape index (κ1) is 18.6. The first-order valence-corrected chi connectivity index (χ1v) is 9.71. The van der Waals surface area contributed by atoms with Crippen molar-refractivity contribution in [3.8, 4) is 6.07 Å². The molecule has 0 aliphatic heterocycles. The second kappa shape index (κ2) is 9.53. The molecule has 6 heteroatoms. The molecule has 1 saturated carbocycles. The number of guanidine groups is 1. The summed E-state index contributed by atoms with van der Waals surface area (Å²) in [4.78, 5) is 4.50. The van der Waals surface area contributed by atoms with Crippen LogP contribution in [0.25, 0.3) is 0 Å². The van der Waals surface area contributed by atoms with Crippen molar-refractivity contribution in [1.82, 2.24) is 10.6 Å². The zero-order valence-corrected chi connectivity index (χ0v) is 15.1. The number of nitrogens with one attached hydrogen (secondary N) is 2. The summed E-state index contributed by atoms with van der Waals surface area (Å²) < 4.78 is 13.9. The number of benzene rings is 1. The Balaban J connectivity index is 2.04. The van der Waals surface area contributed by atoms with Gasteiger partial charge in [0.05, 0.1) is 18.2 Å². The number of hydrogen-bond donors (Lipinski definition) is 2. The summed E-state index contributed by atoms with van der Waals surface area (Å²) in [6, 6.07) is 6.81. The van der Waals surface area contributed by atoms with Crippen LogP contribution < -0.4 is 10.6 Å². The topological polar surface area (TPSA) is 60.2 Å². The first-order valence-electron chi connectivity index (χ1n) is 8.42. The highest BCUT2D eigenvalue weighted by atomic mass is 32.2. The number of aliphatic imine (C=N–C) groups is 1. The fourth-order valence-corrected chi connectivity index (χ4v) is 3.76. The second-order valence-electron chi connectivity index (χ2n) is 5.98. The molecule has 0 saturated heterocycles. The largest absolute Gasteiger partial charge is 0.357 e. The van der Waals surface area contributed by atoms with Crippen molar-refractivity contribution in [2.45, 2.75) is 50.4 Å². The van der Waals surface area contributed by atoms with E-state index in [1.165, 1.54) is 25.0 Å². The Morgan fingerprint density at radius 1 is 1.46 bits per heavy atom. The minimum atomic E-state index is -0.325. The summed E-state index contributed by atoms with van der Waals surface area (Å²) in [5.41, 5.74) is 0.895. The summed E-state index contributed by atoms with van der Waals surface area (Å²) in [6.45, 7) is 2.99. The van der Waals surface area contributed by atoms with E-state index >= 15 is 0 Å². The van der Waals surface area contributed by atoms with E-state index in [1.54, 1.807) is 6.07 Å². The molecule has 0 bridgehead atoms.